The molecule has 0 saturated carbocycles. The Bertz CT molecular complexity index is 679. The SMILES string of the molecule is CC1(C)Cc2nc(N3CCCC3)ncc2[C@@H](NC(=O)C[C@@H]2CCCCO2)C1. The molecule has 148 valence electrons. The lowest BCUT2D eigenvalue weighted by Gasteiger charge is -2.37. The molecule has 0 spiro atoms. The number of carbonyl (C=O) groups excluding carboxylic acids is 1. The van der Waals surface area contributed by atoms with E-state index in [1.54, 1.807) is 0 Å². The molecule has 2 saturated heterocycles. The van der Waals surface area contributed by atoms with E-state index in [9.17, 15) is 4.79 Å². The summed E-state index contributed by atoms with van der Waals surface area (Å²) in [7, 11) is 0. The molecule has 6 heteroatoms. The van der Waals surface area contributed by atoms with Gasteiger partial charge in [-0.1, -0.05) is 13.8 Å². The fourth-order valence-corrected chi connectivity index (χ4v) is 4.66. The number of rotatable bonds is 4. The maximum absolute atomic E-state index is 12.6. The zero-order valence-corrected chi connectivity index (χ0v) is 16.7. The largest absolute Gasteiger partial charge is 0.378 e. The van der Waals surface area contributed by atoms with E-state index in [4.69, 9.17) is 9.72 Å². The van der Waals surface area contributed by atoms with Crippen molar-refractivity contribution in [1.82, 2.24) is 15.3 Å². The molecular formula is C21H32N4O2. The van der Waals surface area contributed by atoms with Gasteiger partial charge in [-0.2, -0.15) is 0 Å². The maximum Gasteiger partial charge on any atom is 0.225 e. The van der Waals surface area contributed by atoms with Crippen LogP contribution < -0.4 is 10.2 Å². The highest BCUT2D eigenvalue weighted by Crippen LogP contribution is 2.40. The monoisotopic (exact) mass is 372 g/mol. The Morgan fingerprint density at radius 1 is 1.30 bits per heavy atom. The van der Waals surface area contributed by atoms with Crippen LogP contribution in [0.3, 0.4) is 0 Å². The molecule has 1 aromatic rings. The van der Waals surface area contributed by atoms with Crippen molar-refractivity contribution in [2.75, 3.05) is 24.6 Å². The first-order chi connectivity index (χ1) is 13.0. The molecule has 6 nitrogen and oxygen atoms in total. The molecule has 1 N–H and O–H groups in total. The number of nitrogens with one attached hydrogen (secondary N) is 1. The van der Waals surface area contributed by atoms with Gasteiger partial charge in [0.2, 0.25) is 11.9 Å². The van der Waals surface area contributed by atoms with Crippen LogP contribution in [0, 0.1) is 5.41 Å². The zero-order chi connectivity index (χ0) is 18.9. The predicted molar refractivity (Wildman–Crippen MR) is 105 cm³/mol. The highest BCUT2D eigenvalue weighted by molar-refractivity contribution is 5.77. The van der Waals surface area contributed by atoms with Crippen molar-refractivity contribution in [2.45, 2.75) is 77.4 Å². The summed E-state index contributed by atoms with van der Waals surface area (Å²) in [6, 6.07) is -0.00697. The number of anilines is 1. The fraction of sp³-hybridized carbons (Fsp3) is 0.762. The van der Waals surface area contributed by atoms with Gasteiger partial charge in [0.1, 0.15) is 0 Å². The molecule has 2 fully saturated rings. The Labute approximate surface area is 162 Å². The summed E-state index contributed by atoms with van der Waals surface area (Å²) < 4.78 is 5.73. The van der Waals surface area contributed by atoms with Gasteiger partial charge < -0.3 is 15.0 Å². The van der Waals surface area contributed by atoms with E-state index < -0.39 is 0 Å². The van der Waals surface area contributed by atoms with Crippen LogP contribution in [0.25, 0.3) is 0 Å². The van der Waals surface area contributed by atoms with Gasteiger partial charge >= 0.3 is 0 Å². The minimum Gasteiger partial charge on any atom is -0.378 e. The maximum atomic E-state index is 12.6. The van der Waals surface area contributed by atoms with Gasteiger partial charge in [0.05, 0.1) is 24.3 Å². The summed E-state index contributed by atoms with van der Waals surface area (Å²) in [5, 5.41) is 3.25. The number of hydrogen-bond acceptors (Lipinski definition) is 5. The van der Waals surface area contributed by atoms with Crippen LogP contribution in [0.2, 0.25) is 0 Å². The minimum atomic E-state index is -0.00697. The minimum absolute atomic E-state index is 0.00697. The predicted octanol–water partition coefficient (Wildman–Crippen LogP) is 3.17. The topological polar surface area (TPSA) is 67.4 Å². The molecule has 4 rings (SSSR count). The lowest BCUT2D eigenvalue weighted by Crippen LogP contribution is -2.39. The second-order valence-corrected chi connectivity index (χ2v) is 9.12. The molecule has 27 heavy (non-hydrogen) atoms. The zero-order valence-electron chi connectivity index (χ0n) is 16.7. The Kier molecular flexibility index (Phi) is 5.35. The lowest BCUT2D eigenvalue weighted by atomic mass is 9.74. The normalized spacial score (nSPS) is 27.3. The molecule has 2 aliphatic heterocycles. The van der Waals surface area contributed by atoms with Crippen molar-refractivity contribution < 1.29 is 9.53 Å². The molecular weight excluding hydrogens is 340 g/mol. The van der Waals surface area contributed by atoms with Gasteiger partial charge in [-0.15, -0.1) is 0 Å². The van der Waals surface area contributed by atoms with Crippen LogP contribution >= 0.6 is 0 Å². The van der Waals surface area contributed by atoms with Gasteiger partial charge in [-0.05, 0) is 50.4 Å². The standard InChI is InChI=1S/C21H32N4O2/c1-21(2)12-17(23-19(26)11-15-7-3-6-10-27-15)16-14-22-20(24-18(16)13-21)25-8-4-5-9-25/h14-15,17H,3-13H2,1-2H3,(H,23,26)/t15-,17-/m0/s1. The summed E-state index contributed by atoms with van der Waals surface area (Å²) in [6.45, 7) is 7.39. The third-order valence-electron chi connectivity index (χ3n) is 6.08. The van der Waals surface area contributed by atoms with E-state index >= 15 is 0 Å². The Morgan fingerprint density at radius 3 is 2.85 bits per heavy atom. The van der Waals surface area contributed by atoms with Crippen LogP contribution in [-0.2, 0) is 16.0 Å². The third-order valence-corrected chi connectivity index (χ3v) is 6.08. The molecule has 0 bridgehead atoms. The van der Waals surface area contributed by atoms with Crippen molar-refractivity contribution in [1.29, 1.82) is 0 Å². The number of carbonyl (C=O) groups is 1. The van der Waals surface area contributed by atoms with E-state index in [1.165, 1.54) is 12.8 Å². The van der Waals surface area contributed by atoms with E-state index in [-0.39, 0.29) is 23.5 Å². The second-order valence-electron chi connectivity index (χ2n) is 9.12. The van der Waals surface area contributed by atoms with Gasteiger partial charge in [-0.3, -0.25) is 4.79 Å². The van der Waals surface area contributed by atoms with Crippen molar-refractivity contribution in [3.05, 3.63) is 17.5 Å². The van der Waals surface area contributed by atoms with Gasteiger partial charge in [-0.25, -0.2) is 9.97 Å². The number of fused-ring (bicyclic) bond motifs is 1. The third kappa shape index (κ3) is 4.42. The summed E-state index contributed by atoms with van der Waals surface area (Å²) in [4.78, 5) is 24.4. The quantitative estimate of drug-likeness (QED) is 0.879. The summed E-state index contributed by atoms with van der Waals surface area (Å²) in [6.07, 6.45) is 10.0. The highest BCUT2D eigenvalue weighted by atomic mass is 16.5. The first-order valence-corrected chi connectivity index (χ1v) is 10.5. The van der Waals surface area contributed by atoms with Gasteiger partial charge in [0.25, 0.3) is 0 Å². The van der Waals surface area contributed by atoms with E-state index in [2.05, 4.69) is 29.0 Å². The van der Waals surface area contributed by atoms with Crippen LogP contribution in [0.4, 0.5) is 5.95 Å². The smallest absolute Gasteiger partial charge is 0.225 e. The first-order valence-electron chi connectivity index (χ1n) is 10.5. The number of ether oxygens (including phenoxy) is 1. The Hall–Kier alpha value is -1.69. The second kappa shape index (κ2) is 7.74. The lowest BCUT2D eigenvalue weighted by molar-refractivity contribution is -0.125. The van der Waals surface area contributed by atoms with Crippen LogP contribution in [-0.4, -0.2) is 41.7 Å². The van der Waals surface area contributed by atoms with Crippen molar-refractivity contribution in [3.63, 3.8) is 0 Å². The number of aromatic nitrogens is 2. The van der Waals surface area contributed by atoms with Crippen LogP contribution in [0.1, 0.15) is 76.1 Å². The molecule has 2 atom stereocenters. The first kappa shape index (κ1) is 18.7. The number of amides is 1. The molecule has 1 aliphatic carbocycles. The Morgan fingerprint density at radius 2 is 2.11 bits per heavy atom. The molecule has 0 unspecified atom stereocenters. The summed E-state index contributed by atoms with van der Waals surface area (Å²) in [5.74, 6) is 0.934. The van der Waals surface area contributed by atoms with Crippen molar-refractivity contribution >= 4 is 11.9 Å². The number of nitrogens with zero attached hydrogens (tertiary/aromatic N) is 3. The molecule has 1 amide bonds. The highest BCUT2D eigenvalue weighted by Gasteiger charge is 2.35. The van der Waals surface area contributed by atoms with Gasteiger partial charge in [0, 0.05) is 31.5 Å². The molecule has 0 aromatic carbocycles. The van der Waals surface area contributed by atoms with Crippen molar-refractivity contribution in [3.8, 4) is 0 Å². The van der Waals surface area contributed by atoms with E-state index in [1.807, 2.05) is 6.20 Å². The average Bonchev–Trinajstić information content (AvgIpc) is 3.15. The van der Waals surface area contributed by atoms with Crippen LogP contribution in [0.15, 0.2) is 6.20 Å². The summed E-state index contributed by atoms with van der Waals surface area (Å²) in [5.41, 5.74) is 2.31. The molecule has 0 radical (unpaired) electrons. The average molecular weight is 373 g/mol. The van der Waals surface area contributed by atoms with E-state index in [0.29, 0.717) is 6.42 Å². The molecule has 3 aliphatic rings. The fourth-order valence-electron chi connectivity index (χ4n) is 4.66. The van der Waals surface area contributed by atoms with Crippen LogP contribution in [0.5, 0.6) is 0 Å². The van der Waals surface area contributed by atoms with E-state index in [0.717, 1.165) is 69.0 Å². The summed E-state index contributed by atoms with van der Waals surface area (Å²) >= 11 is 0. The van der Waals surface area contributed by atoms with Crippen molar-refractivity contribution in [2.24, 2.45) is 5.41 Å². The Balaban J connectivity index is 1.48. The van der Waals surface area contributed by atoms with Gasteiger partial charge in [0.15, 0.2) is 0 Å². The molecule has 1 aromatic heterocycles. The molecule has 3 heterocycles. The number of hydrogen-bond donors (Lipinski definition) is 1.